The maximum absolute atomic E-state index is 12.3. The number of nitrogens with zero attached hydrogens (tertiary/aromatic N) is 2. The van der Waals surface area contributed by atoms with E-state index in [9.17, 15) is 8.42 Å². The molecule has 1 N–H and O–H groups in total. The van der Waals surface area contributed by atoms with E-state index in [-0.39, 0.29) is 22.6 Å². The predicted octanol–water partition coefficient (Wildman–Crippen LogP) is 2.97. The minimum atomic E-state index is -3.65. The first-order valence-corrected chi connectivity index (χ1v) is 9.06. The first kappa shape index (κ1) is 18.2. The van der Waals surface area contributed by atoms with Gasteiger partial charge in [-0.2, -0.15) is 0 Å². The number of pyridine rings is 1. The fraction of sp³-hybridized carbons (Fsp3) is 0.267. The van der Waals surface area contributed by atoms with Crippen molar-refractivity contribution in [2.24, 2.45) is 0 Å². The molecule has 1 aromatic heterocycles. The van der Waals surface area contributed by atoms with Crippen LogP contribution in [0.2, 0.25) is 10.2 Å². The van der Waals surface area contributed by atoms with Gasteiger partial charge in [-0.05, 0) is 43.9 Å². The Bertz CT molecular complexity index is 747. The second kappa shape index (κ2) is 7.59. The van der Waals surface area contributed by atoms with Crippen LogP contribution in [0.3, 0.4) is 0 Å². The smallest absolute Gasteiger partial charge is 0.242 e. The van der Waals surface area contributed by atoms with Gasteiger partial charge in [0.2, 0.25) is 10.0 Å². The third kappa shape index (κ3) is 4.89. The summed E-state index contributed by atoms with van der Waals surface area (Å²) in [6, 6.07) is 10.1. The minimum Gasteiger partial charge on any atom is -0.301 e. The van der Waals surface area contributed by atoms with Gasteiger partial charge in [0.25, 0.3) is 0 Å². The molecule has 5 nitrogen and oxygen atoms in total. The lowest BCUT2D eigenvalue weighted by atomic mass is 10.1. The Morgan fingerprint density at radius 1 is 1.13 bits per heavy atom. The van der Waals surface area contributed by atoms with Crippen molar-refractivity contribution < 1.29 is 8.42 Å². The average molecular weight is 374 g/mol. The van der Waals surface area contributed by atoms with Crippen LogP contribution >= 0.6 is 23.2 Å². The molecular formula is C15H17Cl2N3O2S. The van der Waals surface area contributed by atoms with E-state index in [1.807, 2.05) is 31.1 Å². The SMILES string of the molecule is CN(C)C(CNS(=O)(=O)c1ccc(Cl)nc1)c1ccc(Cl)cc1. The lowest BCUT2D eigenvalue weighted by Gasteiger charge is -2.25. The van der Waals surface area contributed by atoms with Gasteiger partial charge in [0.1, 0.15) is 10.0 Å². The Labute approximate surface area is 146 Å². The number of aromatic nitrogens is 1. The normalized spacial score (nSPS) is 13.3. The van der Waals surface area contributed by atoms with E-state index in [4.69, 9.17) is 23.2 Å². The number of hydrogen-bond acceptors (Lipinski definition) is 4. The highest BCUT2D eigenvalue weighted by molar-refractivity contribution is 7.89. The first-order valence-electron chi connectivity index (χ1n) is 6.83. The van der Waals surface area contributed by atoms with Crippen LogP contribution in [-0.2, 0) is 10.0 Å². The molecule has 0 saturated heterocycles. The van der Waals surface area contributed by atoms with Crippen molar-refractivity contribution in [2.75, 3.05) is 20.6 Å². The first-order chi connectivity index (χ1) is 10.8. The lowest BCUT2D eigenvalue weighted by Crippen LogP contribution is -2.34. The van der Waals surface area contributed by atoms with Crippen LogP contribution in [0.15, 0.2) is 47.5 Å². The largest absolute Gasteiger partial charge is 0.301 e. The van der Waals surface area contributed by atoms with E-state index in [1.54, 1.807) is 12.1 Å². The van der Waals surface area contributed by atoms with Crippen molar-refractivity contribution in [1.82, 2.24) is 14.6 Å². The minimum absolute atomic E-state index is 0.0792. The zero-order chi connectivity index (χ0) is 17.0. The van der Waals surface area contributed by atoms with E-state index in [0.717, 1.165) is 5.56 Å². The molecule has 0 amide bonds. The van der Waals surface area contributed by atoms with Gasteiger partial charge >= 0.3 is 0 Å². The number of benzene rings is 1. The predicted molar refractivity (Wildman–Crippen MR) is 92.3 cm³/mol. The van der Waals surface area contributed by atoms with Crippen LogP contribution in [-0.4, -0.2) is 38.9 Å². The lowest BCUT2D eigenvalue weighted by molar-refractivity contribution is 0.299. The fourth-order valence-electron chi connectivity index (χ4n) is 2.08. The second-order valence-corrected chi connectivity index (χ2v) is 7.79. The van der Waals surface area contributed by atoms with Crippen LogP contribution < -0.4 is 4.72 Å². The number of sulfonamides is 1. The molecule has 8 heteroatoms. The highest BCUT2D eigenvalue weighted by atomic mass is 35.5. The molecule has 1 atom stereocenters. The highest BCUT2D eigenvalue weighted by Gasteiger charge is 2.20. The van der Waals surface area contributed by atoms with E-state index in [2.05, 4.69) is 9.71 Å². The Morgan fingerprint density at radius 3 is 2.30 bits per heavy atom. The number of halogens is 2. The van der Waals surface area contributed by atoms with Crippen molar-refractivity contribution in [2.45, 2.75) is 10.9 Å². The molecule has 0 radical (unpaired) electrons. The van der Waals surface area contributed by atoms with Crippen LogP contribution in [0.4, 0.5) is 0 Å². The number of nitrogens with one attached hydrogen (secondary N) is 1. The summed E-state index contributed by atoms with van der Waals surface area (Å²) in [4.78, 5) is 5.81. The summed E-state index contributed by atoms with van der Waals surface area (Å²) in [6.45, 7) is 0.222. The Kier molecular flexibility index (Phi) is 6.00. The molecule has 0 fully saturated rings. The van der Waals surface area contributed by atoms with Gasteiger partial charge in [-0.3, -0.25) is 0 Å². The molecule has 1 unspecified atom stereocenters. The third-order valence-electron chi connectivity index (χ3n) is 3.36. The Balaban J connectivity index is 2.15. The molecule has 0 bridgehead atoms. The second-order valence-electron chi connectivity index (χ2n) is 5.20. The average Bonchev–Trinajstić information content (AvgIpc) is 2.49. The van der Waals surface area contributed by atoms with E-state index >= 15 is 0 Å². The van der Waals surface area contributed by atoms with Crippen LogP contribution in [0, 0.1) is 0 Å². The van der Waals surface area contributed by atoms with Gasteiger partial charge in [-0.15, -0.1) is 0 Å². The van der Waals surface area contributed by atoms with Gasteiger partial charge in [0.05, 0.1) is 0 Å². The summed E-state index contributed by atoms with van der Waals surface area (Å²) in [6.07, 6.45) is 1.23. The van der Waals surface area contributed by atoms with Gasteiger partial charge < -0.3 is 4.90 Å². The molecule has 124 valence electrons. The molecule has 0 spiro atoms. The van der Waals surface area contributed by atoms with E-state index < -0.39 is 10.0 Å². The molecule has 0 aliphatic carbocycles. The number of likely N-dealkylation sites (N-methyl/N-ethyl adjacent to an activating group) is 1. The molecule has 23 heavy (non-hydrogen) atoms. The number of hydrogen-bond donors (Lipinski definition) is 1. The van der Waals surface area contributed by atoms with Crippen LogP contribution in [0.1, 0.15) is 11.6 Å². The molecule has 2 aromatic rings. The molecule has 0 saturated carbocycles. The zero-order valence-electron chi connectivity index (χ0n) is 12.7. The molecular weight excluding hydrogens is 357 g/mol. The molecule has 0 aliphatic rings. The summed E-state index contributed by atoms with van der Waals surface area (Å²) in [7, 11) is 0.127. The molecule has 1 heterocycles. The number of rotatable bonds is 6. The molecule has 1 aromatic carbocycles. The summed E-state index contributed by atoms with van der Waals surface area (Å²) < 4.78 is 27.2. The summed E-state index contributed by atoms with van der Waals surface area (Å²) in [5, 5.41) is 0.885. The van der Waals surface area contributed by atoms with Crippen molar-refractivity contribution in [1.29, 1.82) is 0 Å². The zero-order valence-corrected chi connectivity index (χ0v) is 15.0. The molecule has 0 aliphatic heterocycles. The summed E-state index contributed by atoms with van der Waals surface area (Å²) in [5.74, 6) is 0. The highest BCUT2D eigenvalue weighted by Crippen LogP contribution is 2.20. The standard InChI is InChI=1S/C15H17Cl2N3O2S/c1-20(2)14(11-3-5-12(16)6-4-11)10-19-23(21,22)13-7-8-15(17)18-9-13/h3-9,14,19H,10H2,1-2H3. The van der Waals surface area contributed by atoms with Gasteiger partial charge in [-0.1, -0.05) is 35.3 Å². The van der Waals surface area contributed by atoms with Gasteiger partial charge in [0.15, 0.2) is 0 Å². The topological polar surface area (TPSA) is 62.3 Å². The van der Waals surface area contributed by atoms with E-state index in [0.29, 0.717) is 5.02 Å². The van der Waals surface area contributed by atoms with Crippen LogP contribution in [0.5, 0.6) is 0 Å². The van der Waals surface area contributed by atoms with Crippen molar-refractivity contribution in [3.63, 3.8) is 0 Å². The van der Waals surface area contributed by atoms with Gasteiger partial charge in [-0.25, -0.2) is 18.1 Å². The van der Waals surface area contributed by atoms with Crippen molar-refractivity contribution in [3.05, 3.63) is 58.3 Å². The van der Waals surface area contributed by atoms with Crippen LogP contribution in [0.25, 0.3) is 0 Å². The summed E-state index contributed by atoms with van der Waals surface area (Å²) in [5.41, 5.74) is 0.969. The van der Waals surface area contributed by atoms with E-state index in [1.165, 1.54) is 18.3 Å². The Morgan fingerprint density at radius 2 is 1.78 bits per heavy atom. The quantitative estimate of drug-likeness (QED) is 0.790. The molecule has 2 rings (SSSR count). The summed E-state index contributed by atoms with van der Waals surface area (Å²) >= 11 is 11.6. The maximum atomic E-state index is 12.3. The fourth-order valence-corrected chi connectivity index (χ4v) is 3.30. The van der Waals surface area contributed by atoms with Crippen molar-refractivity contribution in [3.8, 4) is 0 Å². The Hall–Kier alpha value is -1.18. The third-order valence-corrected chi connectivity index (χ3v) is 5.24. The van der Waals surface area contributed by atoms with Crippen molar-refractivity contribution >= 4 is 33.2 Å². The monoisotopic (exact) mass is 373 g/mol. The maximum Gasteiger partial charge on any atom is 0.242 e. The van der Waals surface area contributed by atoms with Gasteiger partial charge in [0, 0.05) is 23.8 Å².